The summed E-state index contributed by atoms with van der Waals surface area (Å²) in [5.41, 5.74) is 2.77. The maximum atomic E-state index is 11.9. The van der Waals surface area contributed by atoms with Crippen molar-refractivity contribution >= 4 is 6.03 Å². The minimum Gasteiger partial charge on any atom is -0.336 e. The van der Waals surface area contributed by atoms with E-state index in [9.17, 15) is 4.79 Å². The van der Waals surface area contributed by atoms with E-state index in [2.05, 4.69) is 20.4 Å². The van der Waals surface area contributed by atoms with Gasteiger partial charge in [-0.2, -0.15) is 5.10 Å². The van der Waals surface area contributed by atoms with Gasteiger partial charge in [0, 0.05) is 18.3 Å². The van der Waals surface area contributed by atoms with E-state index in [1.807, 2.05) is 6.20 Å². The summed E-state index contributed by atoms with van der Waals surface area (Å²) >= 11 is 0. The molecular formula is C16H26N4O. The van der Waals surface area contributed by atoms with Gasteiger partial charge >= 0.3 is 6.03 Å². The van der Waals surface area contributed by atoms with Crippen molar-refractivity contribution in [2.45, 2.75) is 70.4 Å². The third kappa shape index (κ3) is 3.77. The number of carbonyl (C=O) groups is 1. The van der Waals surface area contributed by atoms with Crippen molar-refractivity contribution in [3.63, 3.8) is 0 Å². The third-order valence-electron chi connectivity index (χ3n) is 4.69. The first-order valence-electron chi connectivity index (χ1n) is 8.41. The van der Waals surface area contributed by atoms with Crippen molar-refractivity contribution in [2.75, 3.05) is 6.54 Å². The zero-order chi connectivity index (χ0) is 14.5. The van der Waals surface area contributed by atoms with Crippen molar-refractivity contribution < 1.29 is 4.79 Å². The highest BCUT2D eigenvalue weighted by Gasteiger charge is 2.16. The number of amides is 2. The van der Waals surface area contributed by atoms with Crippen LogP contribution in [0.15, 0.2) is 6.20 Å². The smallest absolute Gasteiger partial charge is 0.315 e. The summed E-state index contributed by atoms with van der Waals surface area (Å²) in [7, 11) is 0. The summed E-state index contributed by atoms with van der Waals surface area (Å²) in [6.45, 7) is 1.42. The van der Waals surface area contributed by atoms with Crippen LogP contribution in [0.4, 0.5) is 4.79 Å². The molecule has 1 heterocycles. The lowest BCUT2D eigenvalue weighted by Crippen LogP contribution is -2.43. The highest BCUT2D eigenvalue weighted by molar-refractivity contribution is 5.74. The number of carbonyl (C=O) groups excluding carboxylic acids is 1. The predicted molar refractivity (Wildman–Crippen MR) is 82.3 cm³/mol. The second-order valence-electron chi connectivity index (χ2n) is 6.28. The number of nitrogens with one attached hydrogen (secondary N) is 2. The maximum absolute atomic E-state index is 11.9. The molecule has 0 saturated heterocycles. The fraction of sp³-hybridized carbons (Fsp3) is 0.750. The van der Waals surface area contributed by atoms with Crippen LogP contribution in [0, 0.1) is 0 Å². The first-order valence-corrected chi connectivity index (χ1v) is 8.41. The number of aryl methyl sites for hydroxylation is 1. The van der Waals surface area contributed by atoms with E-state index in [0.717, 1.165) is 32.2 Å². The summed E-state index contributed by atoms with van der Waals surface area (Å²) in [4.78, 5) is 11.9. The van der Waals surface area contributed by atoms with Gasteiger partial charge in [-0.25, -0.2) is 4.79 Å². The number of hydrogen-bond donors (Lipinski definition) is 2. The monoisotopic (exact) mass is 290 g/mol. The second-order valence-corrected chi connectivity index (χ2v) is 6.28. The first kappa shape index (κ1) is 14.4. The highest BCUT2D eigenvalue weighted by atomic mass is 16.2. The van der Waals surface area contributed by atoms with Crippen molar-refractivity contribution in [3.05, 3.63) is 17.5 Å². The number of nitrogens with zero attached hydrogens (tertiary/aromatic N) is 2. The fourth-order valence-corrected chi connectivity index (χ4v) is 3.51. The molecule has 1 aromatic rings. The fourth-order valence-electron chi connectivity index (χ4n) is 3.51. The largest absolute Gasteiger partial charge is 0.336 e. The Bertz CT molecular complexity index is 477. The molecule has 0 spiro atoms. The minimum atomic E-state index is -0.0251. The molecule has 21 heavy (non-hydrogen) atoms. The molecule has 0 aromatic carbocycles. The molecule has 1 aromatic heterocycles. The molecule has 5 heteroatoms. The molecule has 116 valence electrons. The molecular weight excluding hydrogens is 264 g/mol. The van der Waals surface area contributed by atoms with Gasteiger partial charge in [0.15, 0.2) is 0 Å². The SMILES string of the molecule is O=C(NCCn1ncc2c1CCCC2)NC1CCCCC1. The van der Waals surface area contributed by atoms with E-state index >= 15 is 0 Å². The first-order chi connectivity index (χ1) is 10.3. The summed E-state index contributed by atoms with van der Waals surface area (Å²) in [6.07, 6.45) is 12.9. The lowest BCUT2D eigenvalue weighted by Gasteiger charge is -2.23. The van der Waals surface area contributed by atoms with Crippen molar-refractivity contribution in [2.24, 2.45) is 0 Å². The van der Waals surface area contributed by atoms with Gasteiger partial charge in [0.05, 0.1) is 12.7 Å². The normalized spacial score (nSPS) is 19.0. The minimum absolute atomic E-state index is 0.0251. The Hall–Kier alpha value is -1.52. The Morgan fingerprint density at radius 1 is 1.19 bits per heavy atom. The number of rotatable bonds is 4. The Labute approximate surface area is 126 Å². The zero-order valence-electron chi connectivity index (χ0n) is 12.7. The predicted octanol–water partition coefficient (Wildman–Crippen LogP) is 2.39. The molecule has 3 rings (SSSR count). The molecule has 2 amide bonds. The van der Waals surface area contributed by atoms with E-state index in [1.165, 1.54) is 43.4 Å². The average Bonchev–Trinajstić information content (AvgIpc) is 2.92. The van der Waals surface area contributed by atoms with Crippen LogP contribution >= 0.6 is 0 Å². The number of aromatic nitrogens is 2. The Morgan fingerprint density at radius 3 is 2.86 bits per heavy atom. The molecule has 0 radical (unpaired) electrons. The van der Waals surface area contributed by atoms with Crippen LogP contribution in [0.5, 0.6) is 0 Å². The van der Waals surface area contributed by atoms with Crippen LogP contribution in [0.25, 0.3) is 0 Å². The molecule has 0 bridgehead atoms. The molecule has 1 fully saturated rings. The van der Waals surface area contributed by atoms with Gasteiger partial charge in [-0.3, -0.25) is 4.68 Å². The number of fused-ring (bicyclic) bond motifs is 1. The summed E-state index contributed by atoms with van der Waals surface area (Å²) in [5.74, 6) is 0. The Morgan fingerprint density at radius 2 is 2.00 bits per heavy atom. The standard InChI is InChI=1S/C16H26N4O/c21-16(19-14-7-2-1-3-8-14)17-10-11-20-15-9-5-4-6-13(15)12-18-20/h12,14H,1-11H2,(H2,17,19,21). The molecule has 1 saturated carbocycles. The van der Waals surface area contributed by atoms with Crippen LogP contribution in [0.3, 0.4) is 0 Å². The van der Waals surface area contributed by atoms with Crippen molar-refractivity contribution in [1.82, 2.24) is 20.4 Å². The quantitative estimate of drug-likeness (QED) is 0.894. The van der Waals surface area contributed by atoms with Crippen LogP contribution < -0.4 is 10.6 Å². The maximum Gasteiger partial charge on any atom is 0.315 e. The van der Waals surface area contributed by atoms with Crippen LogP contribution in [-0.2, 0) is 19.4 Å². The molecule has 2 aliphatic carbocycles. The van der Waals surface area contributed by atoms with Gasteiger partial charge in [-0.1, -0.05) is 19.3 Å². The van der Waals surface area contributed by atoms with Gasteiger partial charge in [0.25, 0.3) is 0 Å². The molecule has 2 N–H and O–H groups in total. The van der Waals surface area contributed by atoms with Crippen molar-refractivity contribution in [3.8, 4) is 0 Å². The van der Waals surface area contributed by atoms with E-state index < -0.39 is 0 Å². The highest BCUT2D eigenvalue weighted by Crippen LogP contribution is 2.20. The van der Waals surface area contributed by atoms with E-state index in [0.29, 0.717) is 12.6 Å². The molecule has 2 aliphatic rings. The number of hydrogen-bond acceptors (Lipinski definition) is 2. The average molecular weight is 290 g/mol. The van der Waals surface area contributed by atoms with Gasteiger partial charge in [-0.05, 0) is 44.1 Å². The molecule has 5 nitrogen and oxygen atoms in total. The summed E-state index contributed by atoms with van der Waals surface area (Å²) < 4.78 is 2.06. The second kappa shape index (κ2) is 6.96. The van der Waals surface area contributed by atoms with Gasteiger partial charge in [0.2, 0.25) is 0 Å². The summed E-state index contributed by atoms with van der Waals surface area (Å²) in [6, 6.07) is 0.346. The Kier molecular flexibility index (Phi) is 4.78. The van der Waals surface area contributed by atoms with Crippen LogP contribution in [-0.4, -0.2) is 28.4 Å². The zero-order valence-corrected chi connectivity index (χ0v) is 12.7. The lowest BCUT2D eigenvalue weighted by molar-refractivity contribution is 0.232. The van der Waals surface area contributed by atoms with Crippen LogP contribution in [0.1, 0.15) is 56.2 Å². The molecule has 0 atom stereocenters. The third-order valence-corrected chi connectivity index (χ3v) is 4.69. The van der Waals surface area contributed by atoms with Gasteiger partial charge in [-0.15, -0.1) is 0 Å². The van der Waals surface area contributed by atoms with Crippen LogP contribution in [0.2, 0.25) is 0 Å². The Balaban J connectivity index is 1.41. The van der Waals surface area contributed by atoms with Crippen molar-refractivity contribution in [1.29, 1.82) is 0 Å². The summed E-state index contributed by atoms with van der Waals surface area (Å²) in [5, 5.41) is 10.5. The van der Waals surface area contributed by atoms with E-state index in [4.69, 9.17) is 0 Å². The number of urea groups is 1. The van der Waals surface area contributed by atoms with E-state index in [-0.39, 0.29) is 6.03 Å². The van der Waals surface area contributed by atoms with E-state index in [1.54, 1.807) is 0 Å². The van der Waals surface area contributed by atoms with Gasteiger partial charge in [0.1, 0.15) is 0 Å². The molecule has 0 aliphatic heterocycles. The molecule has 0 unspecified atom stereocenters. The topological polar surface area (TPSA) is 59.0 Å². The van der Waals surface area contributed by atoms with Gasteiger partial charge < -0.3 is 10.6 Å². The lowest BCUT2D eigenvalue weighted by atomic mass is 9.96.